The van der Waals surface area contributed by atoms with Crippen molar-refractivity contribution in [3.63, 3.8) is 0 Å². The van der Waals surface area contributed by atoms with Gasteiger partial charge in [0.15, 0.2) is 0 Å². The van der Waals surface area contributed by atoms with Crippen LogP contribution < -0.4 is 14.4 Å². The molecule has 0 unspecified atom stereocenters. The Kier molecular flexibility index (Phi) is 12.4. The Balaban J connectivity index is 1.83. The van der Waals surface area contributed by atoms with Crippen molar-refractivity contribution >= 4 is 39.1 Å². The summed E-state index contributed by atoms with van der Waals surface area (Å²) < 4.78 is 35.5. The van der Waals surface area contributed by atoms with Crippen LogP contribution in [0.4, 0.5) is 5.69 Å². The zero-order valence-electron chi connectivity index (χ0n) is 27.2. The SMILES string of the molecule is CCOc1ccccc1N(CC(=O)N(Cc1ccc(C)cc1)[C@@H](Cc1ccccc1)C(=O)NCC(C)C)S(=O)(=O)c1ccc(Cl)cc1. The summed E-state index contributed by atoms with van der Waals surface area (Å²) in [6, 6.07) is 28.7. The number of carbonyl (C=O) groups excluding carboxylic acids is 2. The van der Waals surface area contributed by atoms with Gasteiger partial charge >= 0.3 is 0 Å². The predicted molar refractivity (Wildman–Crippen MR) is 187 cm³/mol. The molecule has 2 amide bonds. The minimum absolute atomic E-state index is 0.0402. The van der Waals surface area contributed by atoms with Gasteiger partial charge in [-0.05, 0) is 67.3 Å². The van der Waals surface area contributed by atoms with Crippen molar-refractivity contribution in [2.75, 3.05) is 24.0 Å². The summed E-state index contributed by atoms with van der Waals surface area (Å²) in [5.41, 5.74) is 2.93. The van der Waals surface area contributed by atoms with Gasteiger partial charge in [-0.3, -0.25) is 13.9 Å². The van der Waals surface area contributed by atoms with Gasteiger partial charge in [-0.2, -0.15) is 0 Å². The van der Waals surface area contributed by atoms with E-state index < -0.39 is 28.5 Å². The molecule has 0 aromatic heterocycles. The Morgan fingerprint density at radius 1 is 0.851 bits per heavy atom. The quantitative estimate of drug-likeness (QED) is 0.152. The second kappa shape index (κ2) is 16.5. The fraction of sp³-hybridized carbons (Fsp3) is 0.297. The maximum atomic E-state index is 14.7. The van der Waals surface area contributed by atoms with Crippen LogP contribution in [0.15, 0.2) is 108 Å². The van der Waals surface area contributed by atoms with Crippen molar-refractivity contribution in [3.05, 3.63) is 125 Å². The van der Waals surface area contributed by atoms with E-state index in [1.54, 1.807) is 31.2 Å². The number of sulfonamides is 1. The Hall–Kier alpha value is -4.34. The summed E-state index contributed by atoms with van der Waals surface area (Å²) in [6.45, 7) is 7.99. The molecule has 0 saturated heterocycles. The van der Waals surface area contributed by atoms with Gasteiger partial charge < -0.3 is 15.0 Å². The number of halogens is 1. The molecule has 0 saturated carbocycles. The van der Waals surface area contributed by atoms with Crippen molar-refractivity contribution in [3.8, 4) is 5.75 Å². The number of para-hydroxylation sites is 2. The van der Waals surface area contributed by atoms with Crippen molar-refractivity contribution in [1.82, 2.24) is 10.2 Å². The van der Waals surface area contributed by atoms with Crippen LogP contribution >= 0.6 is 11.6 Å². The van der Waals surface area contributed by atoms with E-state index in [0.717, 1.165) is 21.0 Å². The summed E-state index contributed by atoms with van der Waals surface area (Å²) in [4.78, 5) is 30.0. The third-order valence-corrected chi connectivity index (χ3v) is 9.57. The van der Waals surface area contributed by atoms with Crippen LogP contribution in [0.5, 0.6) is 5.75 Å². The van der Waals surface area contributed by atoms with Crippen LogP contribution in [0.25, 0.3) is 0 Å². The summed E-state index contributed by atoms with van der Waals surface area (Å²) in [5, 5.41) is 3.38. The van der Waals surface area contributed by atoms with Crippen molar-refractivity contribution in [2.45, 2.75) is 51.6 Å². The maximum absolute atomic E-state index is 14.7. The van der Waals surface area contributed by atoms with Crippen LogP contribution in [0, 0.1) is 12.8 Å². The Morgan fingerprint density at radius 2 is 1.49 bits per heavy atom. The first kappa shape index (κ1) is 35.5. The molecule has 0 aliphatic carbocycles. The fourth-order valence-electron chi connectivity index (χ4n) is 5.05. The van der Waals surface area contributed by atoms with Gasteiger partial charge in [0.2, 0.25) is 11.8 Å². The molecule has 4 aromatic carbocycles. The zero-order chi connectivity index (χ0) is 34.0. The Morgan fingerprint density at radius 3 is 2.13 bits per heavy atom. The van der Waals surface area contributed by atoms with Crippen LogP contribution in [0.3, 0.4) is 0 Å². The van der Waals surface area contributed by atoms with Crippen molar-refractivity contribution < 1.29 is 22.7 Å². The molecular weight excluding hydrogens is 634 g/mol. The number of aryl methyl sites for hydroxylation is 1. The molecule has 248 valence electrons. The highest BCUT2D eigenvalue weighted by molar-refractivity contribution is 7.92. The van der Waals surface area contributed by atoms with Crippen LogP contribution in [-0.4, -0.2) is 50.9 Å². The molecule has 4 rings (SSSR count). The zero-order valence-corrected chi connectivity index (χ0v) is 28.8. The number of hydrogen-bond donors (Lipinski definition) is 1. The summed E-state index contributed by atoms with van der Waals surface area (Å²) in [6.07, 6.45) is 0.238. The minimum Gasteiger partial charge on any atom is -0.492 e. The molecule has 0 aliphatic heterocycles. The number of ether oxygens (including phenoxy) is 1. The van der Waals surface area contributed by atoms with Crippen LogP contribution in [0.2, 0.25) is 5.02 Å². The Bertz CT molecular complexity index is 1730. The number of benzene rings is 4. The lowest BCUT2D eigenvalue weighted by atomic mass is 10.0. The molecule has 0 radical (unpaired) electrons. The molecule has 4 aromatic rings. The number of hydrogen-bond acceptors (Lipinski definition) is 5. The lowest BCUT2D eigenvalue weighted by Crippen LogP contribution is -2.53. The molecule has 0 spiro atoms. The molecule has 0 heterocycles. The highest BCUT2D eigenvalue weighted by atomic mass is 35.5. The van der Waals surface area contributed by atoms with Gasteiger partial charge in [0.1, 0.15) is 18.3 Å². The van der Waals surface area contributed by atoms with E-state index in [9.17, 15) is 18.0 Å². The molecule has 8 nitrogen and oxygen atoms in total. The third-order valence-electron chi connectivity index (χ3n) is 7.54. The van der Waals surface area contributed by atoms with E-state index in [2.05, 4.69) is 5.32 Å². The lowest BCUT2D eigenvalue weighted by Gasteiger charge is -2.34. The topological polar surface area (TPSA) is 96.0 Å². The van der Waals surface area contributed by atoms with Gasteiger partial charge in [-0.15, -0.1) is 0 Å². The summed E-state index contributed by atoms with van der Waals surface area (Å²) in [7, 11) is -4.30. The van der Waals surface area contributed by atoms with E-state index in [1.807, 2.05) is 75.4 Å². The van der Waals surface area contributed by atoms with Gasteiger partial charge in [0.05, 0.1) is 17.2 Å². The van der Waals surface area contributed by atoms with Crippen LogP contribution in [0.1, 0.15) is 37.5 Å². The molecule has 47 heavy (non-hydrogen) atoms. The van der Waals surface area contributed by atoms with Gasteiger partial charge in [-0.1, -0.05) is 97.7 Å². The highest BCUT2D eigenvalue weighted by Gasteiger charge is 2.35. The average molecular weight is 676 g/mol. The lowest BCUT2D eigenvalue weighted by molar-refractivity contribution is -0.140. The number of amides is 2. The molecule has 10 heteroatoms. The van der Waals surface area contributed by atoms with E-state index in [4.69, 9.17) is 16.3 Å². The first-order valence-electron chi connectivity index (χ1n) is 15.7. The second-order valence-corrected chi connectivity index (χ2v) is 14.0. The van der Waals surface area contributed by atoms with Gasteiger partial charge in [0.25, 0.3) is 10.0 Å². The fourth-order valence-corrected chi connectivity index (χ4v) is 6.61. The van der Waals surface area contributed by atoms with Crippen molar-refractivity contribution in [2.24, 2.45) is 5.92 Å². The second-order valence-electron chi connectivity index (χ2n) is 11.7. The first-order chi connectivity index (χ1) is 22.5. The highest BCUT2D eigenvalue weighted by Crippen LogP contribution is 2.33. The molecular formula is C37H42ClN3O5S. The van der Waals surface area contributed by atoms with Gasteiger partial charge in [-0.25, -0.2) is 8.42 Å². The number of nitrogens with one attached hydrogen (secondary N) is 1. The maximum Gasteiger partial charge on any atom is 0.264 e. The molecule has 1 N–H and O–H groups in total. The number of nitrogens with zero attached hydrogens (tertiary/aromatic N) is 2. The standard InChI is InChI=1S/C37H42ClN3O5S/c1-5-46-35-14-10-9-13-33(35)41(47(44,45)32-21-19-31(38)20-22-32)26-36(42)40(25-30-17-15-28(4)16-18-30)34(37(43)39-24-27(2)3)23-29-11-7-6-8-12-29/h6-22,27,34H,5,23-26H2,1-4H3,(H,39,43)/t34-/m0/s1. The largest absolute Gasteiger partial charge is 0.492 e. The Labute approximate surface area is 283 Å². The predicted octanol–water partition coefficient (Wildman–Crippen LogP) is 6.65. The molecule has 0 bridgehead atoms. The van der Waals surface area contributed by atoms with Crippen LogP contribution in [-0.2, 0) is 32.6 Å². The third kappa shape index (κ3) is 9.59. The normalized spacial score (nSPS) is 12.0. The number of rotatable bonds is 15. The number of carbonyl (C=O) groups is 2. The monoisotopic (exact) mass is 675 g/mol. The smallest absolute Gasteiger partial charge is 0.264 e. The minimum atomic E-state index is -4.30. The van der Waals surface area contributed by atoms with E-state index in [0.29, 0.717) is 17.3 Å². The summed E-state index contributed by atoms with van der Waals surface area (Å²) in [5.74, 6) is -0.367. The van der Waals surface area contributed by atoms with Gasteiger partial charge in [0, 0.05) is 24.5 Å². The van der Waals surface area contributed by atoms with E-state index in [1.165, 1.54) is 29.2 Å². The molecule has 0 aliphatic rings. The molecule has 1 atom stereocenters. The van der Waals surface area contributed by atoms with E-state index >= 15 is 0 Å². The molecule has 0 fully saturated rings. The number of anilines is 1. The van der Waals surface area contributed by atoms with E-state index in [-0.39, 0.29) is 42.0 Å². The average Bonchev–Trinajstić information content (AvgIpc) is 3.06. The summed E-state index contributed by atoms with van der Waals surface area (Å²) >= 11 is 6.09. The first-order valence-corrected chi connectivity index (χ1v) is 17.5. The van der Waals surface area contributed by atoms with Crippen molar-refractivity contribution in [1.29, 1.82) is 0 Å².